The number of nitrogens with one attached hydrogen (secondary N) is 2. The van der Waals surface area contributed by atoms with Crippen molar-refractivity contribution in [1.29, 1.82) is 0 Å². The Morgan fingerprint density at radius 2 is 1.84 bits per heavy atom. The minimum Gasteiger partial charge on any atom is -0.489 e. The molecule has 4 aromatic rings. The summed E-state index contributed by atoms with van der Waals surface area (Å²) in [5.74, 6) is 0.349. The number of nitrogens with zero attached hydrogens (tertiary/aromatic N) is 2. The van der Waals surface area contributed by atoms with Crippen LogP contribution in [0.2, 0.25) is 0 Å². The van der Waals surface area contributed by atoms with E-state index in [4.69, 9.17) is 4.74 Å². The van der Waals surface area contributed by atoms with E-state index in [0.717, 1.165) is 29.0 Å². The smallest absolute Gasteiger partial charge is 0.416 e. The van der Waals surface area contributed by atoms with Crippen LogP contribution in [0.15, 0.2) is 83.3 Å². The summed E-state index contributed by atoms with van der Waals surface area (Å²) in [6, 6.07) is 20.2. The van der Waals surface area contributed by atoms with Crippen LogP contribution in [0.25, 0.3) is 0 Å². The summed E-state index contributed by atoms with van der Waals surface area (Å²) < 4.78 is 45.6. The standard InChI is InChI=1S/C26H20F3IN4O2S/c27-26(28,29)19-2-1-3-21(12-19)32-25-33-22(16-37-25)13-24(35)34-31-14-17-6-10-23(11-7-17)36-15-18-4-8-20(30)9-5-18/h1-12,14,16H,13,15H2,(H,32,33)(H,34,35)/b31-14-. The van der Waals surface area contributed by atoms with Gasteiger partial charge in [-0.05, 0) is 88.3 Å². The maximum absolute atomic E-state index is 12.9. The van der Waals surface area contributed by atoms with Crippen molar-refractivity contribution in [2.45, 2.75) is 19.2 Å². The number of anilines is 2. The summed E-state index contributed by atoms with van der Waals surface area (Å²) in [5, 5.41) is 8.84. The van der Waals surface area contributed by atoms with Gasteiger partial charge in [0.05, 0.1) is 23.9 Å². The fraction of sp³-hybridized carbons (Fsp3) is 0.115. The van der Waals surface area contributed by atoms with Crippen molar-refractivity contribution in [3.63, 3.8) is 0 Å². The number of hydrazone groups is 1. The summed E-state index contributed by atoms with van der Waals surface area (Å²) in [4.78, 5) is 16.5. The minimum absolute atomic E-state index is 0.0244. The van der Waals surface area contributed by atoms with Gasteiger partial charge in [0, 0.05) is 14.6 Å². The molecule has 11 heteroatoms. The molecule has 0 bridgehead atoms. The molecule has 0 aliphatic rings. The molecular formula is C26H20F3IN4O2S. The van der Waals surface area contributed by atoms with Crippen molar-refractivity contribution in [2.75, 3.05) is 5.32 Å². The van der Waals surface area contributed by atoms with Crippen LogP contribution in [0.1, 0.15) is 22.4 Å². The first-order valence-electron chi connectivity index (χ1n) is 10.9. The second-order valence-corrected chi connectivity index (χ2v) is 9.91. The van der Waals surface area contributed by atoms with Gasteiger partial charge in [-0.2, -0.15) is 18.3 Å². The summed E-state index contributed by atoms with van der Waals surface area (Å²) in [5.41, 5.74) is 4.28. The lowest BCUT2D eigenvalue weighted by Crippen LogP contribution is -2.19. The summed E-state index contributed by atoms with van der Waals surface area (Å²) in [6.07, 6.45) is -2.94. The molecule has 1 aromatic heterocycles. The number of amides is 1. The number of benzene rings is 3. The van der Waals surface area contributed by atoms with Crippen LogP contribution in [0, 0.1) is 3.57 Å². The van der Waals surface area contributed by atoms with E-state index in [9.17, 15) is 18.0 Å². The van der Waals surface area contributed by atoms with Gasteiger partial charge in [-0.15, -0.1) is 11.3 Å². The number of halogens is 4. The van der Waals surface area contributed by atoms with Crippen LogP contribution in [0.4, 0.5) is 24.0 Å². The SMILES string of the molecule is O=C(Cc1csc(Nc2cccc(C(F)(F)F)c2)n1)N/N=C\c1ccc(OCc2ccc(I)cc2)cc1. The lowest BCUT2D eigenvalue weighted by atomic mass is 10.2. The third-order valence-electron chi connectivity index (χ3n) is 4.94. The Balaban J connectivity index is 1.23. The normalized spacial score (nSPS) is 11.5. The third-order valence-corrected chi connectivity index (χ3v) is 6.46. The predicted molar refractivity (Wildman–Crippen MR) is 146 cm³/mol. The van der Waals surface area contributed by atoms with E-state index in [-0.39, 0.29) is 18.0 Å². The van der Waals surface area contributed by atoms with Crippen LogP contribution >= 0.6 is 33.9 Å². The first kappa shape index (κ1) is 26.6. The lowest BCUT2D eigenvalue weighted by molar-refractivity contribution is -0.137. The van der Waals surface area contributed by atoms with Gasteiger partial charge in [0.2, 0.25) is 5.91 Å². The van der Waals surface area contributed by atoms with Crippen LogP contribution < -0.4 is 15.5 Å². The molecule has 4 rings (SSSR count). The van der Waals surface area contributed by atoms with E-state index >= 15 is 0 Å². The molecule has 0 saturated carbocycles. The molecule has 1 heterocycles. The molecule has 37 heavy (non-hydrogen) atoms. The number of carbonyl (C=O) groups excluding carboxylic acids is 1. The number of carbonyl (C=O) groups is 1. The minimum atomic E-state index is -4.43. The van der Waals surface area contributed by atoms with Gasteiger partial charge in [-0.1, -0.05) is 18.2 Å². The van der Waals surface area contributed by atoms with E-state index in [1.54, 1.807) is 5.38 Å². The summed E-state index contributed by atoms with van der Waals surface area (Å²) >= 11 is 3.44. The topological polar surface area (TPSA) is 75.6 Å². The van der Waals surface area contributed by atoms with E-state index < -0.39 is 11.7 Å². The number of aromatic nitrogens is 1. The van der Waals surface area contributed by atoms with E-state index in [2.05, 4.69) is 43.4 Å². The number of alkyl halides is 3. The number of thiazole rings is 1. The third kappa shape index (κ3) is 8.29. The fourth-order valence-corrected chi connectivity index (χ4v) is 4.21. The molecular weight excluding hydrogens is 616 g/mol. The summed E-state index contributed by atoms with van der Waals surface area (Å²) in [7, 11) is 0. The van der Waals surface area contributed by atoms with Crippen LogP contribution in [-0.4, -0.2) is 17.1 Å². The van der Waals surface area contributed by atoms with Crippen molar-refractivity contribution < 1.29 is 22.7 Å². The Hall–Kier alpha value is -3.45. The molecule has 190 valence electrons. The quantitative estimate of drug-likeness (QED) is 0.121. The highest BCUT2D eigenvalue weighted by Gasteiger charge is 2.30. The first-order chi connectivity index (χ1) is 17.7. The Morgan fingerprint density at radius 3 is 2.57 bits per heavy atom. The molecule has 3 aromatic carbocycles. The second kappa shape index (κ2) is 12.2. The molecule has 0 aliphatic heterocycles. The highest BCUT2D eigenvalue weighted by Crippen LogP contribution is 2.31. The molecule has 0 aliphatic carbocycles. The van der Waals surface area contributed by atoms with Gasteiger partial charge in [0.15, 0.2) is 5.13 Å². The predicted octanol–water partition coefficient (Wildman–Crippen LogP) is 6.78. The second-order valence-electron chi connectivity index (χ2n) is 7.80. The highest BCUT2D eigenvalue weighted by atomic mass is 127. The molecule has 6 nitrogen and oxygen atoms in total. The van der Waals surface area contributed by atoms with E-state index in [0.29, 0.717) is 17.4 Å². The maximum Gasteiger partial charge on any atom is 0.416 e. The average molecular weight is 636 g/mol. The molecule has 2 N–H and O–H groups in total. The lowest BCUT2D eigenvalue weighted by Gasteiger charge is -2.08. The van der Waals surface area contributed by atoms with Crippen LogP contribution in [-0.2, 0) is 24.0 Å². The molecule has 0 saturated heterocycles. The van der Waals surface area contributed by atoms with Crippen molar-refractivity contribution >= 4 is 56.9 Å². The zero-order valence-electron chi connectivity index (χ0n) is 19.1. The van der Waals surface area contributed by atoms with E-state index in [1.165, 1.54) is 33.3 Å². The van der Waals surface area contributed by atoms with Crippen molar-refractivity contribution in [3.05, 3.63) is 104 Å². The zero-order chi connectivity index (χ0) is 26.3. The molecule has 0 atom stereocenters. The molecule has 0 unspecified atom stereocenters. The molecule has 0 spiro atoms. The summed E-state index contributed by atoms with van der Waals surface area (Å²) in [6.45, 7) is 0.466. The number of hydrogen-bond donors (Lipinski definition) is 2. The van der Waals surface area contributed by atoms with Gasteiger partial charge in [0.25, 0.3) is 0 Å². The number of ether oxygens (including phenoxy) is 1. The van der Waals surface area contributed by atoms with E-state index in [1.807, 2.05) is 48.5 Å². The molecule has 0 fully saturated rings. The van der Waals surface area contributed by atoms with Crippen molar-refractivity contribution in [1.82, 2.24) is 10.4 Å². The Morgan fingerprint density at radius 1 is 1.08 bits per heavy atom. The Bertz CT molecular complexity index is 1370. The van der Waals surface area contributed by atoms with Crippen molar-refractivity contribution in [3.8, 4) is 5.75 Å². The largest absolute Gasteiger partial charge is 0.489 e. The van der Waals surface area contributed by atoms with Gasteiger partial charge >= 0.3 is 6.18 Å². The fourth-order valence-electron chi connectivity index (χ4n) is 3.12. The number of hydrogen-bond acceptors (Lipinski definition) is 6. The maximum atomic E-state index is 12.9. The monoisotopic (exact) mass is 636 g/mol. The molecule has 0 radical (unpaired) electrons. The zero-order valence-corrected chi connectivity index (χ0v) is 22.1. The highest BCUT2D eigenvalue weighted by molar-refractivity contribution is 14.1. The Kier molecular flexibility index (Phi) is 8.77. The number of rotatable bonds is 9. The average Bonchev–Trinajstić information content (AvgIpc) is 3.30. The van der Waals surface area contributed by atoms with Crippen LogP contribution in [0.5, 0.6) is 5.75 Å². The van der Waals surface area contributed by atoms with Crippen LogP contribution in [0.3, 0.4) is 0 Å². The van der Waals surface area contributed by atoms with Gasteiger partial charge in [-0.25, -0.2) is 10.4 Å². The van der Waals surface area contributed by atoms with Gasteiger partial charge in [0.1, 0.15) is 12.4 Å². The van der Waals surface area contributed by atoms with Crippen molar-refractivity contribution in [2.24, 2.45) is 5.10 Å². The first-order valence-corrected chi connectivity index (χ1v) is 12.9. The molecule has 1 amide bonds. The van der Waals surface area contributed by atoms with Gasteiger partial charge in [-0.3, -0.25) is 4.79 Å². The van der Waals surface area contributed by atoms with Gasteiger partial charge < -0.3 is 10.1 Å². The Labute approximate surface area is 228 Å².